The lowest BCUT2D eigenvalue weighted by atomic mass is 10.2. The molecule has 0 aliphatic rings. The Bertz CT molecular complexity index is 1190. The molecule has 4 aromatic heterocycles. The van der Waals surface area contributed by atoms with Crippen LogP contribution in [0.25, 0.3) is 33.9 Å². The number of hydrogen-bond acceptors (Lipinski definition) is 6. The molecule has 0 radical (unpaired) electrons. The highest BCUT2D eigenvalue weighted by molar-refractivity contribution is 5.76. The number of fused-ring (bicyclic) bond motifs is 1. The second-order valence-electron chi connectivity index (χ2n) is 5.62. The van der Waals surface area contributed by atoms with E-state index in [9.17, 15) is 0 Å². The molecule has 8 heteroatoms. The Labute approximate surface area is 147 Å². The molecule has 0 bridgehead atoms. The van der Waals surface area contributed by atoms with Crippen molar-refractivity contribution in [3.8, 4) is 22.9 Å². The maximum Gasteiger partial charge on any atom is 0.223 e. The average molecular weight is 340 g/mol. The smallest absolute Gasteiger partial charge is 0.223 e. The number of imidazole rings is 1. The van der Waals surface area contributed by atoms with Gasteiger partial charge in [-0.3, -0.25) is 14.5 Å². The molecular formula is C18H12N8. The fourth-order valence-corrected chi connectivity index (χ4v) is 2.75. The maximum absolute atomic E-state index is 4.43. The lowest BCUT2D eigenvalue weighted by molar-refractivity contribution is 0.719. The van der Waals surface area contributed by atoms with Gasteiger partial charge in [0, 0.05) is 18.1 Å². The molecule has 0 saturated heterocycles. The van der Waals surface area contributed by atoms with Crippen LogP contribution in [0.1, 0.15) is 0 Å². The number of pyridine rings is 2. The van der Waals surface area contributed by atoms with Crippen molar-refractivity contribution in [2.24, 2.45) is 0 Å². The number of benzene rings is 1. The molecule has 0 amide bonds. The second kappa shape index (κ2) is 5.85. The molecule has 0 fully saturated rings. The van der Waals surface area contributed by atoms with E-state index in [0.29, 0.717) is 11.5 Å². The second-order valence-corrected chi connectivity index (χ2v) is 5.62. The molecule has 5 rings (SSSR count). The largest absolute Gasteiger partial charge is 0.297 e. The van der Waals surface area contributed by atoms with Crippen molar-refractivity contribution in [1.29, 1.82) is 0 Å². The fraction of sp³-hybridized carbons (Fsp3) is 0. The Balaban J connectivity index is 1.56. The summed E-state index contributed by atoms with van der Waals surface area (Å²) in [5.74, 6) is 0.480. The van der Waals surface area contributed by atoms with Crippen LogP contribution in [0.4, 0.5) is 0 Å². The third-order valence-electron chi connectivity index (χ3n) is 4.00. The Hall–Kier alpha value is -3.94. The van der Waals surface area contributed by atoms with Crippen LogP contribution in [0.3, 0.4) is 0 Å². The van der Waals surface area contributed by atoms with E-state index in [2.05, 4.69) is 30.4 Å². The Morgan fingerprint density at radius 2 is 1.81 bits per heavy atom. The van der Waals surface area contributed by atoms with E-state index in [1.807, 2.05) is 53.1 Å². The van der Waals surface area contributed by atoms with E-state index >= 15 is 0 Å². The standard InChI is InChI=1S/C18H12N8/c1-2-8-20-16(6-1)18-22-24-26(23-18)14-5-3-4-13(10-14)25-12-21-15-7-9-19-11-17(15)25/h1-12H. The zero-order valence-corrected chi connectivity index (χ0v) is 13.5. The molecule has 1 aromatic carbocycles. The fourth-order valence-electron chi connectivity index (χ4n) is 2.75. The molecule has 26 heavy (non-hydrogen) atoms. The molecule has 8 nitrogen and oxygen atoms in total. The molecular weight excluding hydrogens is 328 g/mol. The molecule has 0 aliphatic heterocycles. The molecule has 0 aliphatic carbocycles. The van der Waals surface area contributed by atoms with Crippen LogP contribution in [0.5, 0.6) is 0 Å². The van der Waals surface area contributed by atoms with Crippen LogP contribution in [-0.4, -0.2) is 39.7 Å². The van der Waals surface area contributed by atoms with Crippen molar-refractivity contribution in [2.45, 2.75) is 0 Å². The van der Waals surface area contributed by atoms with Gasteiger partial charge in [-0.25, -0.2) is 4.98 Å². The summed E-state index contributed by atoms with van der Waals surface area (Å²) in [5.41, 5.74) is 4.24. The van der Waals surface area contributed by atoms with Gasteiger partial charge in [-0.15, -0.1) is 15.0 Å². The van der Waals surface area contributed by atoms with Crippen molar-refractivity contribution in [1.82, 2.24) is 39.7 Å². The quantitative estimate of drug-likeness (QED) is 0.501. The Morgan fingerprint density at radius 1 is 0.846 bits per heavy atom. The van der Waals surface area contributed by atoms with Crippen molar-refractivity contribution in [2.75, 3.05) is 0 Å². The van der Waals surface area contributed by atoms with Crippen LogP contribution in [-0.2, 0) is 0 Å². The highest BCUT2D eigenvalue weighted by Gasteiger charge is 2.10. The number of aromatic nitrogens is 8. The Kier molecular flexibility index (Phi) is 3.24. The highest BCUT2D eigenvalue weighted by Crippen LogP contribution is 2.19. The highest BCUT2D eigenvalue weighted by atomic mass is 15.6. The zero-order chi connectivity index (χ0) is 17.3. The van der Waals surface area contributed by atoms with E-state index in [-0.39, 0.29) is 0 Å². The molecule has 0 saturated carbocycles. The van der Waals surface area contributed by atoms with Crippen molar-refractivity contribution >= 4 is 11.0 Å². The zero-order valence-electron chi connectivity index (χ0n) is 13.5. The Morgan fingerprint density at radius 3 is 2.73 bits per heavy atom. The number of rotatable bonds is 3. The molecule has 0 unspecified atom stereocenters. The first-order chi connectivity index (χ1) is 12.9. The predicted molar refractivity (Wildman–Crippen MR) is 94.8 cm³/mol. The normalized spacial score (nSPS) is 11.1. The minimum absolute atomic E-state index is 0.480. The van der Waals surface area contributed by atoms with Crippen LogP contribution < -0.4 is 0 Å². The molecule has 0 spiro atoms. The van der Waals surface area contributed by atoms with Gasteiger partial charge < -0.3 is 0 Å². The molecule has 124 valence electrons. The van der Waals surface area contributed by atoms with Crippen LogP contribution in [0.2, 0.25) is 0 Å². The lowest BCUT2D eigenvalue weighted by Gasteiger charge is -2.06. The lowest BCUT2D eigenvalue weighted by Crippen LogP contribution is -2.01. The molecule has 4 heterocycles. The minimum Gasteiger partial charge on any atom is -0.297 e. The summed E-state index contributed by atoms with van der Waals surface area (Å²) in [6.45, 7) is 0. The summed E-state index contributed by atoms with van der Waals surface area (Å²) in [7, 11) is 0. The number of hydrogen-bond donors (Lipinski definition) is 0. The molecule has 0 atom stereocenters. The summed E-state index contributed by atoms with van der Waals surface area (Å²) >= 11 is 0. The summed E-state index contributed by atoms with van der Waals surface area (Å²) in [6.07, 6.45) is 7.00. The van der Waals surface area contributed by atoms with Gasteiger partial charge in [-0.1, -0.05) is 12.1 Å². The summed E-state index contributed by atoms with van der Waals surface area (Å²) in [5, 5.41) is 12.7. The van der Waals surface area contributed by atoms with Gasteiger partial charge in [-0.05, 0) is 41.6 Å². The minimum atomic E-state index is 0.480. The van der Waals surface area contributed by atoms with Crippen LogP contribution in [0, 0.1) is 0 Å². The topological polar surface area (TPSA) is 87.2 Å². The summed E-state index contributed by atoms with van der Waals surface area (Å²) in [6, 6.07) is 15.3. The van der Waals surface area contributed by atoms with Gasteiger partial charge in [0.15, 0.2) is 0 Å². The van der Waals surface area contributed by atoms with Gasteiger partial charge >= 0.3 is 0 Å². The van der Waals surface area contributed by atoms with Crippen LogP contribution in [0.15, 0.2) is 73.4 Å². The van der Waals surface area contributed by atoms with Gasteiger partial charge in [0.05, 0.1) is 22.9 Å². The summed E-state index contributed by atoms with van der Waals surface area (Å²) < 4.78 is 1.97. The van der Waals surface area contributed by atoms with Gasteiger partial charge in [-0.2, -0.15) is 0 Å². The van der Waals surface area contributed by atoms with E-state index < -0.39 is 0 Å². The monoisotopic (exact) mass is 340 g/mol. The number of nitrogens with zero attached hydrogens (tertiary/aromatic N) is 8. The van der Waals surface area contributed by atoms with Gasteiger partial charge in [0.1, 0.15) is 12.0 Å². The van der Waals surface area contributed by atoms with Crippen molar-refractivity contribution in [3.05, 3.63) is 73.4 Å². The maximum atomic E-state index is 4.43. The van der Waals surface area contributed by atoms with Crippen molar-refractivity contribution < 1.29 is 0 Å². The first kappa shape index (κ1) is 14.4. The van der Waals surface area contributed by atoms with E-state index in [1.165, 1.54) is 4.80 Å². The first-order valence-electron chi connectivity index (χ1n) is 7.98. The number of tetrazole rings is 1. The average Bonchev–Trinajstić information content (AvgIpc) is 3.36. The van der Waals surface area contributed by atoms with Gasteiger partial charge in [0.25, 0.3) is 0 Å². The third-order valence-corrected chi connectivity index (χ3v) is 4.00. The predicted octanol–water partition coefficient (Wildman–Crippen LogP) is 2.46. The third kappa shape index (κ3) is 2.40. The van der Waals surface area contributed by atoms with Crippen LogP contribution >= 0.6 is 0 Å². The van der Waals surface area contributed by atoms with E-state index in [0.717, 1.165) is 22.4 Å². The SMILES string of the molecule is c1ccc(-c2nnn(-c3cccc(-n4cnc5ccncc54)c3)n2)nc1. The summed E-state index contributed by atoms with van der Waals surface area (Å²) in [4.78, 5) is 14.3. The van der Waals surface area contributed by atoms with E-state index in [4.69, 9.17) is 0 Å². The van der Waals surface area contributed by atoms with Gasteiger partial charge in [0.2, 0.25) is 5.82 Å². The van der Waals surface area contributed by atoms with Crippen molar-refractivity contribution in [3.63, 3.8) is 0 Å². The molecule has 5 aromatic rings. The van der Waals surface area contributed by atoms with E-state index in [1.54, 1.807) is 24.9 Å². The first-order valence-corrected chi connectivity index (χ1v) is 7.98. The molecule has 0 N–H and O–H groups in total.